The van der Waals surface area contributed by atoms with Crippen LogP contribution in [0.15, 0.2) is 73.2 Å². The first kappa shape index (κ1) is 20.1. The van der Waals surface area contributed by atoms with Gasteiger partial charge in [0.2, 0.25) is 0 Å². The van der Waals surface area contributed by atoms with Crippen molar-refractivity contribution in [1.29, 1.82) is 0 Å². The molecule has 0 unspecified atom stereocenters. The predicted octanol–water partition coefficient (Wildman–Crippen LogP) is 5.78. The minimum atomic E-state index is -0.472. The van der Waals surface area contributed by atoms with Crippen molar-refractivity contribution in [3.8, 4) is 11.3 Å². The number of hydrogen-bond donors (Lipinski definition) is 1. The number of aromatic nitrogens is 5. The fourth-order valence-electron chi connectivity index (χ4n) is 3.41. The van der Waals surface area contributed by atoms with Crippen molar-refractivity contribution in [2.75, 3.05) is 5.32 Å². The summed E-state index contributed by atoms with van der Waals surface area (Å²) in [5.74, 6) is 0.118. The van der Waals surface area contributed by atoms with Crippen molar-refractivity contribution in [3.63, 3.8) is 0 Å². The Balaban J connectivity index is 1.45. The molecule has 32 heavy (non-hydrogen) atoms. The molecule has 0 saturated carbocycles. The second-order valence-electron chi connectivity index (χ2n) is 7.50. The Kier molecular flexibility index (Phi) is 5.25. The number of benzene rings is 3. The smallest absolute Gasteiger partial charge is 0.141 e. The lowest BCUT2D eigenvalue weighted by Crippen LogP contribution is -2.00. The number of anilines is 2. The van der Waals surface area contributed by atoms with E-state index in [9.17, 15) is 4.39 Å². The van der Waals surface area contributed by atoms with Crippen LogP contribution in [0.3, 0.4) is 0 Å². The van der Waals surface area contributed by atoms with E-state index in [1.807, 2.05) is 29.1 Å². The SMILES string of the molecule is Cc1ccc(Cn2cc(-c3ccc4ncnc(Nc5ccc(F)c(Cl)c5)c4c3)nn2)cc1. The van der Waals surface area contributed by atoms with Crippen LogP contribution in [0.25, 0.3) is 22.2 Å². The van der Waals surface area contributed by atoms with Gasteiger partial charge in [0.25, 0.3) is 0 Å². The van der Waals surface area contributed by atoms with Gasteiger partial charge in [0, 0.05) is 16.6 Å². The molecule has 1 N–H and O–H groups in total. The standard InChI is InChI=1S/C24H18ClFN6/c1-15-2-4-16(5-3-15)12-32-13-23(30-31-32)17-6-9-22-19(10-17)24(28-14-27-22)29-18-7-8-21(26)20(25)11-18/h2-11,13-14H,12H2,1H3,(H,27,28,29). The summed E-state index contributed by atoms with van der Waals surface area (Å²) in [4.78, 5) is 8.70. The van der Waals surface area contributed by atoms with E-state index in [1.54, 1.807) is 6.07 Å². The molecule has 2 aromatic heterocycles. The van der Waals surface area contributed by atoms with Crippen LogP contribution in [0.5, 0.6) is 0 Å². The summed E-state index contributed by atoms with van der Waals surface area (Å²) in [6.45, 7) is 2.71. The molecule has 0 saturated heterocycles. The Morgan fingerprint density at radius 3 is 2.66 bits per heavy atom. The lowest BCUT2D eigenvalue weighted by Gasteiger charge is -2.09. The maximum absolute atomic E-state index is 13.5. The van der Waals surface area contributed by atoms with Crippen molar-refractivity contribution in [2.24, 2.45) is 0 Å². The normalized spacial score (nSPS) is 11.1. The van der Waals surface area contributed by atoms with Crippen LogP contribution >= 0.6 is 11.6 Å². The third kappa shape index (κ3) is 4.15. The highest BCUT2D eigenvalue weighted by Gasteiger charge is 2.10. The molecule has 0 bridgehead atoms. The van der Waals surface area contributed by atoms with Crippen molar-refractivity contribution >= 4 is 34.0 Å². The molecule has 5 rings (SSSR count). The molecular weight excluding hydrogens is 427 g/mol. The molecule has 0 atom stereocenters. The Morgan fingerprint density at radius 2 is 1.84 bits per heavy atom. The molecule has 0 spiro atoms. The van der Waals surface area contributed by atoms with E-state index >= 15 is 0 Å². The van der Waals surface area contributed by atoms with E-state index in [0.717, 1.165) is 27.7 Å². The van der Waals surface area contributed by atoms with Gasteiger partial charge in [-0.1, -0.05) is 52.7 Å². The van der Waals surface area contributed by atoms with Gasteiger partial charge in [-0.2, -0.15) is 0 Å². The average Bonchev–Trinajstić information content (AvgIpc) is 3.26. The zero-order valence-corrected chi connectivity index (χ0v) is 17.9. The Bertz CT molecular complexity index is 1410. The zero-order chi connectivity index (χ0) is 22.1. The van der Waals surface area contributed by atoms with E-state index in [-0.39, 0.29) is 5.02 Å². The van der Waals surface area contributed by atoms with Gasteiger partial charge in [-0.3, -0.25) is 0 Å². The van der Waals surface area contributed by atoms with E-state index < -0.39 is 5.82 Å². The molecule has 0 aliphatic rings. The minimum absolute atomic E-state index is 0.0410. The highest BCUT2D eigenvalue weighted by Crippen LogP contribution is 2.29. The van der Waals surface area contributed by atoms with Crippen molar-refractivity contribution in [2.45, 2.75) is 13.5 Å². The van der Waals surface area contributed by atoms with Gasteiger partial charge >= 0.3 is 0 Å². The minimum Gasteiger partial charge on any atom is -0.340 e. The number of nitrogens with one attached hydrogen (secondary N) is 1. The number of aryl methyl sites for hydroxylation is 1. The molecule has 0 aliphatic carbocycles. The Hall–Kier alpha value is -3.84. The third-order valence-electron chi connectivity index (χ3n) is 5.12. The van der Waals surface area contributed by atoms with Gasteiger partial charge in [-0.15, -0.1) is 5.10 Å². The van der Waals surface area contributed by atoms with Crippen molar-refractivity contribution in [3.05, 3.63) is 95.2 Å². The first-order valence-corrected chi connectivity index (χ1v) is 10.4. The van der Waals surface area contributed by atoms with Crippen LogP contribution in [0, 0.1) is 12.7 Å². The molecule has 2 heterocycles. The molecule has 5 aromatic rings. The molecule has 0 radical (unpaired) electrons. The Morgan fingerprint density at radius 1 is 1.00 bits per heavy atom. The van der Waals surface area contributed by atoms with Crippen LogP contribution in [0.2, 0.25) is 5.02 Å². The topological polar surface area (TPSA) is 68.5 Å². The lowest BCUT2D eigenvalue weighted by atomic mass is 10.1. The summed E-state index contributed by atoms with van der Waals surface area (Å²) < 4.78 is 15.3. The molecule has 0 amide bonds. The molecule has 3 aromatic carbocycles. The number of halogens is 2. The highest BCUT2D eigenvalue weighted by atomic mass is 35.5. The largest absolute Gasteiger partial charge is 0.340 e. The number of hydrogen-bond acceptors (Lipinski definition) is 5. The van der Waals surface area contributed by atoms with Crippen LogP contribution in [0.1, 0.15) is 11.1 Å². The molecule has 0 fully saturated rings. The van der Waals surface area contributed by atoms with Gasteiger partial charge in [0.05, 0.1) is 23.3 Å². The maximum atomic E-state index is 13.5. The molecule has 6 nitrogen and oxygen atoms in total. The van der Waals surface area contributed by atoms with Gasteiger partial charge in [-0.25, -0.2) is 19.0 Å². The molecule has 0 aliphatic heterocycles. The fraction of sp³-hybridized carbons (Fsp3) is 0.0833. The predicted molar refractivity (Wildman–Crippen MR) is 124 cm³/mol. The number of fused-ring (bicyclic) bond motifs is 1. The van der Waals surface area contributed by atoms with Gasteiger partial charge in [-0.05, 0) is 42.8 Å². The number of rotatable bonds is 5. The monoisotopic (exact) mass is 444 g/mol. The summed E-state index contributed by atoms with van der Waals surface area (Å²) in [6.07, 6.45) is 3.39. The van der Waals surface area contributed by atoms with Gasteiger partial charge in [0.1, 0.15) is 23.7 Å². The van der Waals surface area contributed by atoms with Crippen LogP contribution in [0.4, 0.5) is 15.9 Å². The molecule has 158 valence electrons. The molecule has 8 heteroatoms. The second-order valence-corrected chi connectivity index (χ2v) is 7.90. The lowest BCUT2D eigenvalue weighted by molar-refractivity contribution is 0.628. The van der Waals surface area contributed by atoms with E-state index in [1.165, 1.54) is 24.0 Å². The average molecular weight is 445 g/mol. The summed E-state index contributed by atoms with van der Waals surface area (Å²) in [7, 11) is 0. The maximum Gasteiger partial charge on any atom is 0.141 e. The van der Waals surface area contributed by atoms with Crippen molar-refractivity contribution < 1.29 is 4.39 Å². The van der Waals surface area contributed by atoms with Crippen LogP contribution in [-0.4, -0.2) is 25.0 Å². The first-order valence-electron chi connectivity index (χ1n) is 9.98. The number of nitrogens with zero attached hydrogens (tertiary/aromatic N) is 5. The van der Waals surface area contributed by atoms with Crippen LogP contribution in [-0.2, 0) is 6.54 Å². The van der Waals surface area contributed by atoms with E-state index in [0.29, 0.717) is 18.1 Å². The second kappa shape index (κ2) is 8.36. The van der Waals surface area contributed by atoms with Crippen molar-refractivity contribution in [1.82, 2.24) is 25.0 Å². The summed E-state index contributed by atoms with van der Waals surface area (Å²) in [6, 6.07) is 18.6. The van der Waals surface area contributed by atoms with E-state index in [4.69, 9.17) is 11.6 Å². The highest BCUT2D eigenvalue weighted by molar-refractivity contribution is 6.31. The summed E-state index contributed by atoms with van der Waals surface area (Å²) in [5.41, 5.74) is 5.42. The third-order valence-corrected chi connectivity index (χ3v) is 5.41. The van der Waals surface area contributed by atoms with Gasteiger partial charge < -0.3 is 5.32 Å². The Labute approximate surface area is 188 Å². The van der Waals surface area contributed by atoms with Crippen LogP contribution < -0.4 is 5.32 Å². The first-order chi connectivity index (χ1) is 15.5. The quantitative estimate of drug-likeness (QED) is 0.372. The molecular formula is C24H18ClFN6. The van der Waals surface area contributed by atoms with E-state index in [2.05, 4.69) is 56.8 Å². The van der Waals surface area contributed by atoms with Gasteiger partial charge in [0.15, 0.2) is 0 Å². The summed E-state index contributed by atoms with van der Waals surface area (Å²) >= 11 is 5.91. The summed E-state index contributed by atoms with van der Waals surface area (Å²) in [5, 5.41) is 12.6. The fourth-order valence-corrected chi connectivity index (χ4v) is 3.60. The zero-order valence-electron chi connectivity index (χ0n) is 17.1.